The number of esters is 2. The lowest BCUT2D eigenvalue weighted by Gasteiger charge is -2.44. The molecule has 0 spiro atoms. The predicted octanol–water partition coefficient (Wildman–Crippen LogP) is 0.840. The molecule has 2 aliphatic heterocycles. The van der Waals surface area contributed by atoms with Crippen LogP contribution in [0, 0.1) is 11.8 Å². The lowest BCUT2D eigenvalue weighted by atomic mass is 9.80. The van der Waals surface area contributed by atoms with Crippen molar-refractivity contribution in [2.75, 3.05) is 26.7 Å². The topological polar surface area (TPSA) is 129 Å². The van der Waals surface area contributed by atoms with Gasteiger partial charge in [0, 0.05) is 45.7 Å². The van der Waals surface area contributed by atoms with Gasteiger partial charge in [-0.15, -0.1) is 5.06 Å². The highest BCUT2D eigenvalue weighted by molar-refractivity contribution is 6.01. The normalized spacial score (nSPS) is 27.6. The highest BCUT2D eigenvalue weighted by Crippen LogP contribution is 2.34. The van der Waals surface area contributed by atoms with Crippen LogP contribution in [0.2, 0.25) is 0 Å². The van der Waals surface area contributed by atoms with E-state index >= 15 is 0 Å². The van der Waals surface area contributed by atoms with E-state index in [1.165, 1.54) is 13.8 Å². The molecule has 0 radical (unpaired) electrons. The molecule has 11 heteroatoms. The van der Waals surface area contributed by atoms with Crippen LogP contribution in [-0.2, 0) is 43.0 Å². The quantitative estimate of drug-likeness (QED) is 0.334. The Morgan fingerprint density at radius 3 is 2.21 bits per heavy atom. The van der Waals surface area contributed by atoms with E-state index in [4.69, 9.17) is 19.0 Å². The SMILES string of the molecule is CC(=O)OCC1O[C@@H](CCN(C)CCC(=O)ON2C(=O)CCC2=O)C(C)[C@@H](C)[C@H]1OC(C)=O. The van der Waals surface area contributed by atoms with Crippen LogP contribution in [0.1, 0.15) is 53.4 Å². The van der Waals surface area contributed by atoms with E-state index in [-0.39, 0.29) is 43.8 Å². The summed E-state index contributed by atoms with van der Waals surface area (Å²) in [6, 6.07) is 0. The van der Waals surface area contributed by atoms with Gasteiger partial charge in [-0.05, 0) is 19.4 Å². The lowest BCUT2D eigenvalue weighted by molar-refractivity contribution is -0.206. The van der Waals surface area contributed by atoms with Gasteiger partial charge in [0.25, 0.3) is 11.8 Å². The van der Waals surface area contributed by atoms with Crippen LogP contribution in [0.3, 0.4) is 0 Å². The van der Waals surface area contributed by atoms with Crippen molar-refractivity contribution in [3.63, 3.8) is 0 Å². The van der Waals surface area contributed by atoms with Crippen LogP contribution >= 0.6 is 0 Å². The summed E-state index contributed by atoms with van der Waals surface area (Å²) >= 11 is 0. The van der Waals surface area contributed by atoms with Gasteiger partial charge in [0.2, 0.25) is 0 Å². The first kappa shape index (κ1) is 26.7. The second-order valence-electron chi connectivity index (χ2n) is 8.69. The Morgan fingerprint density at radius 2 is 1.64 bits per heavy atom. The highest BCUT2D eigenvalue weighted by atomic mass is 16.7. The largest absolute Gasteiger partial charge is 0.463 e. The Labute approximate surface area is 193 Å². The van der Waals surface area contributed by atoms with Crippen LogP contribution in [0.25, 0.3) is 0 Å². The van der Waals surface area contributed by atoms with E-state index in [1.54, 1.807) is 0 Å². The fourth-order valence-electron chi connectivity index (χ4n) is 3.99. The zero-order chi connectivity index (χ0) is 24.7. The summed E-state index contributed by atoms with van der Waals surface area (Å²) in [5.41, 5.74) is 0. The number of hydrogen-bond donors (Lipinski definition) is 0. The molecule has 33 heavy (non-hydrogen) atoms. The molecule has 5 atom stereocenters. The molecule has 2 amide bonds. The molecule has 2 fully saturated rings. The van der Waals surface area contributed by atoms with E-state index in [0.717, 1.165) is 0 Å². The first-order chi connectivity index (χ1) is 15.5. The van der Waals surface area contributed by atoms with Crippen molar-refractivity contribution < 1.29 is 43.0 Å². The molecule has 2 heterocycles. The third kappa shape index (κ3) is 7.78. The smallest absolute Gasteiger partial charge is 0.334 e. The minimum atomic E-state index is -0.646. The molecule has 2 aliphatic rings. The van der Waals surface area contributed by atoms with Gasteiger partial charge < -0.3 is 23.9 Å². The average Bonchev–Trinajstić information content (AvgIpc) is 3.05. The summed E-state index contributed by atoms with van der Waals surface area (Å²) in [6.07, 6.45) is -0.470. The molecule has 0 aromatic carbocycles. The first-order valence-electron chi connectivity index (χ1n) is 11.2. The number of nitrogens with zero attached hydrogens (tertiary/aromatic N) is 2. The first-order valence-corrected chi connectivity index (χ1v) is 11.2. The number of carbonyl (C=O) groups is 5. The Kier molecular flexibility index (Phi) is 9.78. The van der Waals surface area contributed by atoms with Crippen LogP contribution < -0.4 is 0 Å². The molecule has 2 rings (SSSR count). The second kappa shape index (κ2) is 12.1. The average molecular weight is 471 g/mol. The van der Waals surface area contributed by atoms with Gasteiger partial charge in [0.05, 0.1) is 12.5 Å². The van der Waals surface area contributed by atoms with E-state index in [2.05, 4.69) is 0 Å². The number of rotatable bonds is 10. The lowest BCUT2D eigenvalue weighted by Crippen LogP contribution is -2.53. The summed E-state index contributed by atoms with van der Waals surface area (Å²) in [4.78, 5) is 64.7. The maximum absolute atomic E-state index is 12.0. The number of ether oxygens (including phenoxy) is 3. The minimum Gasteiger partial charge on any atom is -0.463 e. The van der Waals surface area contributed by atoms with E-state index < -0.39 is 41.9 Å². The number of hydrogen-bond acceptors (Lipinski definition) is 10. The van der Waals surface area contributed by atoms with Crippen molar-refractivity contribution in [1.82, 2.24) is 9.96 Å². The monoisotopic (exact) mass is 470 g/mol. The van der Waals surface area contributed by atoms with Gasteiger partial charge >= 0.3 is 17.9 Å². The van der Waals surface area contributed by atoms with Crippen molar-refractivity contribution >= 4 is 29.7 Å². The van der Waals surface area contributed by atoms with Crippen molar-refractivity contribution in [2.24, 2.45) is 11.8 Å². The number of amides is 2. The van der Waals surface area contributed by atoms with Gasteiger partial charge in [0.15, 0.2) is 0 Å². The molecule has 2 saturated heterocycles. The van der Waals surface area contributed by atoms with Crippen LogP contribution in [0.15, 0.2) is 0 Å². The molecule has 0 N–H and O–H groups in total. The van der Waals surface area contributed by atoms with E-state index in [9.17, 15) is 24.0 Å². The summed E-state index contributed by atoms with van der Waals surface area (Å²) in [7, 11) is 1.84. The maximum atomic E-state index is 12.0. The van der Waals surface area contributed by atoms with Crippen molar-refractivity contribution in [3.05, 3.63) is 0 Å². The molecule has 0 saturated carbocycles. The van der Waals surface area contributed by atoms with Crippen molar-refractivity contribution in [2.45, 2.75) is 71.7 Å². The third-order valence-corrected chi connectivity index (χ3v) is 6.09. The van der Waals surface area contributed by atoms with E-state index in [1.807, 2.05) is 25.8 Å². The zero-order valence-corrected chi connectivity index (χ0v) is 19.9. The van der Waals surface area contributed by atoms with Gasteiger partial charge in [-0.25, -0.2) is 4.79 Å². The molecule has 11 nitrogen and oxygen atoms in total. The fraction of sp³-hybridized carbons (Fsp3) is 0.773. The van der Waals surface area contributed by atoms with Gasteiger partial charge in [0.1, 0.15) is 18.8 Å². The molecule has 2 unspecified atom stereocenters. The van der Waals surface area contributed by atoms with Crippen molar-refractivity contribution in [3.8, 4) is 0 Å². The Hall–Kier alpha value is -2.53. The molecule has 186 valence electrons. The van der Waals surface area contributed by atoms with Gasteiger partial charge in [-0.1, -0.05) is 13.8 Å². The molecule has 0 aromatic rings. The van der Waals surface area contributed by atoms with Crippen LogP contribution in [-0.4, -0.2) is 84.7 Å². The zero-order valence-electron chi connectivity index (χ0n) is 19.9. The van der Waals surface area contributed by atoms with Crippen LogP contribution in [0.5, 0.6) is 0 Å². The Morgan fingerprint density at radius 1 is 1.00 bits per heavy atom. The van der Waals surface area contributed by atoms with Crippen LogP contribution in [0.4, 0.5) is 0 Å². The summed E-state index contributed by atoms with van der Waals surface area (Å²) in [6.45, 7) is 7.62. The molecular formula is C22H34N2O9. The predicted molar refractivity (Wildman–Crippen MR) is 113 cm³/mol. The third-order valence-electron chi connectivity index (χ3n) is 6.09. The minimum absolute atomic E-state index is 0.00351. The fourth-order valence-corrected chi connectivity index (χ4v) is 3.99. The Balaban J connectivity index is 1.84. The number of hydroxylamine groups is 2. The second-order valence-corrected chi connectivity index (χ2v) is 8.69. The van der Waals surface area contributed by atoms with Gasteiger partial charge in [-0.2, -0.15) is 0 Å². The molecule has 0 bridgehead atoms. The summed E-state index contributed by atoms with van der Waals surface area (Å²) in [5.74, 6) is -2.45. The molecule has 0 aromatic heterocycles. The van der Waals surface area contributed by atoms with Crippen molar-refractivity contribution in [1.29, 1.82) is 0 Å². The summed E-state index contributed by atoms with van der Waals surface area (Å²) in [5, 5.41) is 0.546. The Bertz CT molecular complexity index is 740. The highest BCUT2D eigenvalue weighted by Gasteiger charge is 2.43. The number of imide groups is 1. The molecule has 0 aliphatic carbocycles. The summed E-state index contributed by atoms with van der Waals surface area (Å²) < 4.78 is 16.7. The van der Waals surface area contributed by atoms with E-state index in [0.29, 0.717) is 24.6 Å². The maximum Gasteiger partial charge on any atom is 0.334 e. The standard InChI is InChI=1S/C22H34N2O9/c1-13-14(2)22(31-16(4)26)18(12-30-15(3)25)32-17(13)8-10-23(5)11-9-21(29)33-24-19(27)6-7-20(24)28/h13-14,17-18,22H,6-12H2,1-5H3/t13?,14-,17+,18?,22-/m1/s1. The van der Waals surface area contributed by atoms with Gasteiger partial charge in [-0.3, -0.25) is 19.2 Å². The molecular weight excluding hydrogens is 436 g/mol. The number of carbonyl (C=O) groups excluding carboxylic acids is 5.